The van der Waals surface area contributed by atoms with Crippen LogP contribution in [0.1, 0.15) is 45.4 Å². The SMILES string of the molecule is CCCC(NC1CCOC2(CCSCC2)C1)C(=O)O. The van der Waals surface area contributed by atoms with Gasteiger partial charge in [0.25, 0.3) is 0 Å². The third-order valence-electron chi connectivity index (χ3n) is 4.21. The van der Waals surface area contributed by atoms with Crippen molar-refractivity contribution in [3.8, 4) is 0 Å². The van der Waals surface area contributed by atoms with Crippen LogP contribution in [0.2, 0.25) is 0 Å². The molecule has 0 saturated carbocycles. The van der Waals surface area contributed by atoms with Crippen molar-refractivity contribution in [1.29, 1.82) is 0 Å². The fourth-order valence-electron chi connectivity index (χ4n) is 3.11. The molecule has 2 aliphatic heterocycles. The van der Waals surface area contributed by atoms with E-state index in [1.807, 2.05) is 18.7 Å². The van der Waals surface area contributed by atoms with Gasteiger partial charge in [0.05, 0.1) is 5.60 Å². The molecule has 2 atom stereocenters. The van der Waals surface area contributed by atoms with Crippen LogP contribution in [0, 0.1) is 0 Å². The summed E-state index contributed by atoms with van der Waals surface area (Å²) in [6.07, 6.45) is 5.73. The van der Waals surface area contributed by atoms with Crippen LogP contribution >= 0.6 is 11.8 Å². The van der Waals surface area contributed by atoms with Gasteiger partial charge in [0, 0.05) is 12.6 Å². The molecule has 4 nitrogen and oxygen atoms in total. The van der Waals surface area contributed by atoms with Crippen molar-refractivity contribution in [2.75, 3.05) is 18.1 Å². The molecule has 0 aromatic carbocycles. The summed E-state index contributed by atoms with van der Waals surface area (Å²) in [5, 5.41) is 12.6. The van der Waals surface area contributed by atoms with E-state index in [0.717, 1.165) is 38.7 Å². The molecule has 0 bridgehead atoms. The second-order valence-electron chi connectivity index (χ2n) is 5.68. The number of hydrogen-bond donors (Lipinski definition) is 2. The van der Waals surface area contributed by atoms with E-state index in [1.54, 1.807) is 0 Å². The van der Waals surface area contributed by atoms with Crippen molar-refractivity contribution in [3.05, 3.63) is 0 Å². The standard InChI is InChI=1S/C14H25NO3S/c1-2-3-12(13(16)17)15-11-4-7-18-14(10-11)5-8-19-9-6-14/h11-12,15H,2-10H2,1H3,(H,16,17). The monoisotopic (exact) mass is 287 g/mol. The van der Waals surface area contributed by atoms with Gasteiger partial charge < -0.3 is 15.2 Å². The molecule has 0 aliphatic carbocycles. The molecule has 0 aromatic rings. The van der Waals surface area contributed by atoms with Gasteiger partial charge in [0.2, 0.25) is 0 Å². The first-order valence-corrected chi connectivity index (χ1v) is 8.51. The molecule has 2 unspecified atom stereocenters. The quantitative estimate of drug-likeness (QED) is 0.812. The summed E-state index contributed by atoms with van der Waals surface area (Å²) >= 11 is 2.00. The van der Waals surface area contributed by atoms with Gasteiger partial charge in [0.1, 0.15) is 6.04 Å². The van der Waals surface area contributed by atoms with Crippen molar-refractivity contribution in [3.63, 3.8) is 0 Å². The Morgan fingerprint density at radius 3 is 2.89 bits per heavy atom. The first-order chi connectivity index (χ1) is 9.15. The Hall–Kier alpha value is -0.260. The first kappa shape index (κ1) is 15.1. The number of nitrogens with one attached hydrogen (secondary N) is 1. The summed E-state index contributed by atoms with van der Waals surface area (Å²) in [6.45, 7) is 2.79. The molecule has 19 heavy (non-hydrogen) atoms. The van der Waals surface area contributed by atoms with Crippen molar-refractivity contribution >= 4 is 17.7 Å². The van der Waals surface area contributed by atoms with Gasteiger partial charge in [0.15, 0.2) is 0 Å². The number of carbonyl (C=O) groups is 1. The molecular weight excluding hydrogens is 262 g/mol. The Bertz CT molecular complexity index is 300. The van der Waals surface area contributed by atoms with Crippen LogP contribution in [-0.4, -0.2) is 46.9 Å². The average Bonchev–Trinajstić information content (AvgIpc) is 2.39. The van der Waals surface area contributed by atoms with Crippen LogP contribution in [0.25, 0.3) is 0 Å². The zero-order valence-electron chi connectivity index (χ0n) is 11.7. The Labute approximate surface area is 119 Å². The van der Waals surface area contributed by atoms with E-state index in [0.29, 0.717) is 12.5 Å². The lowest BCUT2D eigenvalue weighted by Crippen LogP contribution is -2.52. The average molecular weight is 287 g/mol. The number of rotatable bonds is 5. The summed E-state index contributed by atoms with van der Waals surface area (Å²) < 4.78 is 6.04. The predicted molar refractivity (Wildman–Crippen MR) is 77.7 cm³/mol. The highest BCUT2D eigenvalue weighted by atomic mass is 32.2. The normalized spacial score (nSPS) is 28.2. The highest BCUT2D eigenvalue weighted by Gasteiger charge is 2.39. The van der Waals surface area contributed by atoms with E-state index in [1.165, 1.54) is 11.5 Å². The minimum Gasteiger partial charge on any atom is -0.480 e. The van der Waals surface area contributed by atoms with E-state index in [-0.39, 0.29) is 5.60 Å². The highest BCUT2D eigenvalue weighted by molar-refractivity contribution is 7.99. The zero-order valence-corrected chi connectivity index (χ0v) is 12.5. The fourth-order valence-corrected chi connectivity index (χ4v) is 4.35. The molecule has 1 spiro atoms. The second kappa shape index (κ2) is 6.95. The maximum atomic E-state index is 11.2. The summed E-state index contributed by atoms with van der Waals surface area (Å²) in [5.74, 6) is 1.62. The first-order valence-electron chi connectivity index (χ1n) is 7.36. The number of carboxylic acids is 1. The second-order valence-corrected chi connectivity index (χ2v) is 6.90. The lowest BCUT2D eigenvalue weighted by atomic mass is 9.85. The molecule has 5 heteroatoms. The lowest BCUT2D eigenvalue weighted by Gasteiger charge is -2.44. The van der Waals surface area contributed by atoms with Gasteiger partial charge in [-0.15, -0.1) is 0 Å². The van der Waals surface area contributed by atoms with Gasteiger partial charge in [-0.3, -0.25) is 4.79 Å². The molecule has 2 aliphatic rings. The number of ether oxygens (including phenoxy) is 1. The Morgan fingerprint density at radius 1 is 1.53 bits per heavy atom. The van der Waals surface area contributed by atoms with Gasteiger partial charge in [-0.1, -0.05) is 13.3 Å². The molecule has 110 valence electrons. The van der Waals surface area contributed by atoms with Crippen LogP contribution in [0.15, 0.2) is 0 Å². The maximum absolute atomic E-state index is 11.2. The third-order valence-corrected chi connectivity index (χ3v) is 5.19. The Morgan fingerprint density at radius 2 is 2.26 bits per heavy atom. The molecule has 0 radical (unpaired) electrons. The number of aliphatic carboxylic acids is 1. The largest absolute Gasteiger partial charge is 0.480 e. The molecule has 0 amide bonds. The van der Waals surface area contributed by atoms with Crippen molar-refractivity contribution in [2.24, 2.45) is 0 Å². The van der Waals surface area contributed by atoms with Gasteiger partial charge in [-0.2, -0.15) is 11.8 Å². The molecule has 2 rings (SSSR count). The predicted octanol–water partition coefficient (Wildman–Crippen LogP) is 2.27. The van der Waals surface area contributed by atoms with Crippen molar-refractivity contribution in [2.45, 2.75) is 63.1 Å². The number of hydrogen-bond acceptors (Lipinski definition) is 4. The van der Waals surface area contributed by atoms with E-state index >= 15 is 0 Å². The number of thioether (sulfide) groups is 1. The maximum Gasteiger partial charge on any atom is 0.320 e. The van der Waals surface area contributed by atoms with Crippen LogP contribution in [0.4, 0.5) is 0 Å². The van der Waals surface area contributed by atoms with E-state index in [2.05, 4.69) is 5.32 Å². The highest BCUT2D eigenvalue weighted by Crippen LogP contribution is 2.37. The lowest BCUT2D eigenvalue weighted by molar-refractivity contribution is -0.141. The van der Waals surface area contributed by atoms with Crippen LogP contribution in [0.5, 0.6) is 0 Å². The van der Waals surface area contributed by atoms with Crippen LogP contribution < -0.4 is 5.32 Å². The van der Waals surface area contributed by atoms with E-state index in [9.17, 15) is 9.90 Å². The van der Waals surface area contributed by atoms with Gasteiger partial charge in [-0.05, 0) is 43.6 Å². The molecule has 2 fully saturated rings. The third kappa shape index (κ3) is 4.10. The Balaban J connectivity index is 1.91. The topological polar surface area (TPSA) is 58.6 Å². The minimum atomic E-state index is -0.721. The van der Waals surface area contributed by atoms with Crippen molar-refractivity contribution in [1.82, 2.24) is 5.32 Å². The van der Waals surface area contributed by atoms with E-state index < -0.39 is 12.0 Å². The molecule has 2 N–H and O–H groups in total. The van der Waals surface area contributed by atoms with Crippen molar-refractivity contribution < 1.29 is 14.6 Å². The summed E-state index contributed by atoms with van der Waals surface area (Å²) in [6, 6.07) is -0.104. The molecule has 2 heterocycles. The molecule has 2 saturated heterocycles. The smallest absolute Gasteiger partial charge is 0.320 e. The summed E-state index contributed by atoms with van der Waals surface area (Å²) in [4.78, 5) is 11.2. The zero-order chi connectivity index (χ0) is 13.7. The summed E-state index contributed by atoms with van der Waals surface area (Å²) in [7, 11) is 0. The molecule has 0 aromatic heterocycles. The van der Waals surface area contributed by atoms with Gasteiger partial charge in [-0.25, -0.2) is 0 Å². The van der Waals surface area contributed by atoms with E-state index in [4.69, 9.17) is 4.74 Å². The van der Waals surface area contributed by atoms with Gasteiger partial charge >= 0.3 is 5.97 Å². The summed E-state index contributed by atoms with van der Waals surface area (Å²) in [5.41, 5.74) is 0.0242. The Kier molecular flexibility index (Phi) is 5.54. The van der Waals surface area contributed by atoms with Crippen LogP contribution in [-0.2, 0) is 9.53 Å². The minimum absolute atomic E-state index is 0.0242. The fraction of sp³-hybridized carbons (Fsp3) is 0.929. The number of carboxylic acid groups (broad SMARTS) is 1. The van der Waals surface area contributed by atoms with Crippen LogP contribution in [0.3, 0.4) is 0 Å². The molecular formula is C14H25NO3S.